The van der Waals surface area contributed by atoms with Gasteiger partial charge in [0.2, 0.25) is 0 Å². The van der Waals surface area contributed by atoms with Crippen LogP contribution in [0.25, 0.3) is 22.4 Å². The SMILES string of the molecule is Cc1ccc2nc(-c3ccc(Cl)cc3F)[nH]c2c1. The minimum absolute atomic E-state index is 0.377. The molecule has 90 valence electrons. The minimum atomic E-state index is -0.377. The number of aromatic amines is 1. The van der Waals surface area contributed by atoms with Crippen LogP contribution in [0, 0.1) is 12.7 Å². The predicted octanol–water partition coefficient (Wildman–Crippen LogP) is 4.33. The molecular formula is C14H10ClFN2. The number of nitrogens with zero attached hydrogens (tertiary/aromatic N) is 1. The maximum atomic E-state index is 13.8. The molecule has 0 radical (unpaired) electrons. The lowest BCUT2D eigenvalue weighted by molar-refractivity contribution is 0.630. The molecule has 3 aromatic rings. The molecule has 0 bridgehead atoms. The van der Waals surface area contributed by atoms with Gasteiger partial charge in [0.05, 0.1) is 16.6 Å². The summed E-state index contributed by atoms with van der Waals surface area (Å²) >= 11 is 5.73. The quantitative estimate of drug-likeness (QED) is 0.693. The summed E-state index contributed by atoms with van der Waals surface area (Å²) in [6, 6.07) is 10.4. The van der Waals surface area contributed by atoms with Gasteiger partial charge in [-0.2, -0.15) is 0 Å². The lowest BCUT2D eigenvalue weighted by atomic mass is 10.2. The number of fused-ring (bicyclic) bond motifs is 1. The number of nitrogens with one attached hydrogen (secondary N) is 1. The number of imidazole rings is 1. The van der Waals surface area contributed by atoms with Gasteiger partial charge in [0.1, 0.15) is 11.6 Å². The average molecular weight is 261 g/mol. The van der Waals surface area contributed by atoms with Crippen molar-refractivity contribution < 1.29 is 4.39 Å². The van der Waals surface area contributed by atoms with Crippen LogP contribution >= 0.6 is 11.6 Å². The van der Waals surface area contributed by atoms with Gasteiger partial charge in [-0.25, -0.2) is 9.37 Å². The highest BCUT2D eigenvalue weighted by Crippen LogP contribution is 2.25. The second kappa shape index (κ2) is 4.10. The summed E-state index contributed by atoms with van der Waals surface area (Å²) in [4.78, 5) is 7.49. The fourth-order valence-corrected chi connectivity index (χ4v) is 2.09. The van der Waals surface area contributed by atoms with Crippen LogP contribution in [0.3, 0.4) is 0 Å². The molecule has 3 rings (SSSR count). The van der Waals surface area contributed by atoms with Crippen LogP contribution in [-0.4, -0.2) is 9.97 Å². The lowest BCUT2D eigenvalue weighted by Crippen LogP contribution is -1.85. The number of H-pyrrole nitrogens is 1. The van der Waals surface area contributed by atoms with Crippen molar-refractivity contribution in [2.24, 2.45) is 0 Å². The number of aromatic nitrogens is 2. The zero-order valence-electron chi connectivity index (χ0n) is 9.67. The third-order valence-electron chi connectivity index (χ3n) is 2.82. The highest BCUT2D eigenvalue weighted by Gasteiger charge is 2.10. The van der Waals surface area contributed by atoms with Crippen molar-refractivity contribution in [1.82, 2.24) is 9.97 Å². The van der Waals surface area contributed by atoms with Crippen LogP contribution in [0.5, 0.6) is 0 Å². The number of benzene rings is 2. The molecule has 0 saturated carbocycles. The molecule has 0 aliphatic heterocycles. The van der Waals surface area contributed by atoms with E-state index in [1.807, 2.05) is 25.1 Å². The molecule has 0 aliphatic carbocycles. The van der Waals surface area contributed by atoms with Crippen molar-refractivity contribution in [2.75, 3.05) is 0 Å². The summed E-state index contributed by atoms with van der Waals surface area (Å²) in [5.41, 5.74) is 3.28. The molecule has 18 heavy (non-hydrogen) atoms. The molecule has 2 aromatic carbocycles. The molecule has 0 fully saturated rings. The summed E-state index contributed by atoms with van der Waals surface area (Å²) in [5, 5.41) is 0.378. The molecule has 0 atom stereocenters. The van der Waals surface area contributed by atoms with E-state index >= 15 is 0 Å². The first-order chi connectivity index (χ1) is 8.63. The van der Waals surface area contributed by atoms with Gasteiger partial charge in [0.15, 0.2) is 0 Å². The van der Waals surface area contributed by atoms with Crippen molar-refractivity contribution in [3.8, 4) is 11.4 Å². The zero-order valence-corrected chi connectivity index (χ0v) is 10.4. The van der Waals surface area contributed by atoms with E-state index in [9.17, 15) is 4.39 Å². The predicted molar refractivity (Wildman–Crippen MR) is 71.2 cm³/mol. The van der Waals surface area contributed by atoms with E-state index in [2.05, 4.69) is 9.97 Å². The molecule has 1 aromatic heterocycles. The first-order valence-corrected chi connectivity index (χ1v) is 5.93. The van der Waals surface area contributed by atoms with Gasteiger partial charge in [-0.1, -0.05) is 17.7 Å². The maximum Gasteiger partial charge on any atom is 0.141 e. The Morgan fingerprint density at radius 1 is 1.17 bits per heavy atom. The fraction of sp³-hybridized carbons (Fsp3) is 0.0714. The Labute approximate surface area is 108 Å². The maximum absolute atomic E-state index is 13.8. The van der Waals surface area contributed by atoms with Crippen molar-refractivity contribution in [3.05, 3.63) is 52.8 Å². The van der Waals surface area contributed by atoms with E-state index in [1.54, 1.807) is 12.1 Å². The monoisotopic (exact) mass is 260 g/mol. The van der Waals surface area contributed by atoms with E-state index in [0.717, 1.165) is 16.6 Å². The minimum Gasteiger partial charge on any atom is -0.338 e. The summed E-state index contributed by atoms with van der Waals surface area (Å²) in [6.07, 6.45) is 0. The summed E-state index contributed by atoms with van der Waals surface area (Å²) in [7, 11) is 0. The largest absolute Gasteiger partial charge is 0.338 e. The van der Waals surface area contributed by atoms with Crippen LogP contribution < -0.4 is 0 Å². The van der Waals surface area contributed by atoms with Crippen molar-refractivity contribution in [3.63, 3.8) is 0 Å². The Kier molecular flexibility index (Phi) is 2.56. The van der Waals surface area contributed by atoms with Crippen LogP contribution in [0.4, 0.5) is 4.39 Å². The van der Waals surface area contributed by atoms with Gasteiger partial charge < -0.3 is 4.98 Å². The number of halogens is 2. The number of hydrogen-bond donors (Lipinski definition) is 1. The molecular weight excluding hydrogens is 251 g/mol. The van der Waals surface area contributed by atoms with Crippen LogP contribution in [0.1, 0.15) is 5.56 Å². The molecule has 0 saturated heterocycles. The third-order valence-corrected chi connectivity index (χ3v) is 3.06. The Morgan fingerprint density at radius 3 is 2.78 bits per heavy atom. The Morgan fingerprint density at radius 2 is 2.00 bits per heavy atom. The van der Waals surface area contributed by atoms with Gasteiger partial charge in [0.25, 0.3) is 0 Å². The summed E-state index contributed by atoms with van der Waals surface area (Å²) in [5.74, 6) is 0.142. The highest BCUT2D eigenvalue weighted by atomic mass is 35.5. The molecule has 1 heterocycles. The topological polar surface area (TPSA) is 28.7 Å². The Balaban J connectivity index is 2.19. The normalized spacial score (nSPS) is 11.1. The van der Waals surface area contributed by atoms with Crippen molar-refractivity contribution in [1.29, 1.82) is 0 Å². The van der Waals surface area contributed by atoms with E-state index < -0.39 is 0 Å². The second-order valence-electron chi connectivity index (χ2n) is 4.23. The molecule has 0 spiro atoms. The molecule has 0 amide bonds. The standard InChI is InChI=1S/C14H10ClFN2/c1-8-2-5-12-13(6-8)18-14(17-12)10-4-3-9(15)7-11(10)16/h2-7H,1H3,(H,17,18). The first kappa shape index (κ1) is 11.2. The summed E-state index contributed by atoms with van der Waals surface area (Å²) < 4.78 is 13.8. The van der Waals surface area contributed by atoms with E-state index in [1.165, 1.54) is 6.07 Å². The number of hydrogen-bond acceptors (Lipinski definition) is 1. The van der Waals surface area contributed by atoms with Crippen LogP contribution in [0.15, 0.2) is 36.4 Å². The van der Waals surface area contributed by atoms with E-state index in [0.29, 0.717) is 16.4 Å². The van der Waals surface area contributed by atoms with Gasteiger partial charge >= 0.3 is 0 Å². The lowest BCUT2D eigenvalue weighted by Gasteiger charge is -1.99. The molecule has 4 heteroatoms. The smallest absolute Gasteiger partial charge is 0.141 e. The van der Waals surface area contributed by atoms with Crippen LogP contribution in [-0.2, 0) is 0 Å². The molecule has 0 aliphatic rings. The van der Waals surface area contributed by atoms with Gasteiger partial charge in [-0.15, -0.1) is 0 Å². The van der Waals surface area contributed by atoms with E-state index in [4.69, 9.17) is 11.6 Å². The second-order valence-corrected chi connectivity index (χ2v) is 4.67. The number of aryl methyl sites for hydroxylation is 1. The van der Waals surface area contributed by atoms with Gasteiger partial charge in [-0.3, -0.25) is 0 Å². The van der Waals surface area contributed by atoms with Crippen LogP contribution in [0.2, 0.25) is 5.02 Å². The first-order valence-electron chi connectivity index (χ1n) is 5.55. The highest BCUT2D eigenvalue weighted by molar-refractivity contribution is 6.30. The van der Waals surface area contributed by atoms with Crippen molar-refractivity contribution in [2.45, 2.75) is 6.92 Å². The third kappa shape index (κ3) is 1.87. The fourth-order valence-electron chi connectivity index (χ4n) is 1.93. The Hall–Kier alpha value is -1.87. The van der Waals surface area contributed by atoms with Gasteiger partial charge in [-0.05, 0) is 42.8 Å². The molecule has 2 nitrogen and oxygen atoms in total. The van der Waals surface area contributed by atoms with Gasteiger partial charge in [0, 0.05) is 5.02 Å². The molecule has 0 unspecified atom stereocenters. The zero-order chi connectivity index (χ0) is 12.7. The Bertz CT molecular complexity index is 734. The summed E-state index contributed by atoms with van der Waals surface area (Å²) in [6.45, 7) is 2.00. The molecule has 1 N–H and O–H groups in total. The average Bonchev–Trinajstić information content (AvgIpc) is 2.71. The number of rotatable bonds is 1. The van der Waals surface area contributed by atoms with E-state index in [-0.39, 0.29) is 5.82 Å². The van der Waals surface area contributed by atoms with Crippen molar-refractivity contribution >= 4 is 22.6 Å².